The van der Waals surface area contributed by atoms with Gasteiger partial charge in [-0.15, -0.1) is 0 Å². The molecule has 3 rings (SSSR count). The minimum atomic E-state index is -0.551. The summed E-state index contributed by atoms with van der Waals surface area (Å²) in [5, 5.41) is 1.01. The van der Waals surface area contributed by atoms with Crippen LogP contribution in [0.5, 0.6) is 0 Å². The summed E-state index contributed by atoms with van der Waals surface area (Å²) in [6.45, 7) is 1.71. The molecule has 1 heterocycles. The number of nitrogens with two attached hydrogens (primary N) is 2. The molecule has 1 unspecified atom stereocenters. The van der Waals surface area contributed by atoms with E-state index in [4.69, 9.17) is 11.5 Å². The van der Waals surface area contributed by atoms with Crippen LogP contribution in [0.15, 0.2) is 54.6 Å². The summed E-state index contributed by atoms with van der Waals surface area (Å²) in [4.78, 5) is 12.6. The predicted molar refractivity (Wildman–Crippen MR) is 103 cm³/mol. The molecule has 1 atom stereocenters. The van der Waals surface area contributed by atoms with Gasteiger partial charge < -0.3 is 11.5 Å². The number of para-hydroxylation sites is 1. The second-order valence-electron chi connectivity index (χ2n) is 6.21. The molecule has 0 spiro atoms. The van der Waals surface area contributed by atoms with Crippen molar-refractivity contribution in [2.45, 2.75) is 13.0 Å². The first-order valence-electron chi connectivity index (χ1n) is 8.22. The fraction of sp³-hybridized carbons (Fsp3) is 0.143. The van der Waals surface area contributed by atoms with Gasteiger partial charge in [-0.2, -0.15) is 4.57 Å². The summed E-state index contributed by atoms with van der Waals surface area (Å²) in [6.07, 6.45) is 3.93. The Balaban J connectivity index is 2.17. The van der Waals surface area contributed by atoms with Crippen LogP contribution in [0, 0.1) is 0 Å². The molecule has 126 valence electrons. The Hall–Kier alpha value is -2.98. The number of carbonyl (C=O) groups excluding carboxylic acids is 1. The van der Waals surface area contributed by atoms with Gasteiger partial charge in [0.2, 0.25) is 11.2 Å². The lowest BCUT2D eigenvalue weighted by Gasteiger charge is -2.09. The van der Waals surface area contributed by atoms with E-state index in [0.717, 1.165) is 27.8 Å². The third kappa shape index (κ3) is 3.44. The van der Waals surface area contributed by atoms with Crippen LogP contribution in [0.1, 0.15) is 28.5 Å². The average molecular weight is 332 g/mol. The predicted octanol–water partition coefficient (Wildman–Crippen LogP) is 2.95. The molecule has 0 amide bonds. The minimum Gasteiger partial charge on any atom is -0.399 e. The Bertz CT molecular complexity index is 957. The molecule has 2 aromatic carbocycles. The van der Waals surface area contributed by atoms with E-state index in [1.54, 1.807) is 6.92 Å². The highest BCUT2D eigenvalue weighted by Gasteiger charge is 2.23. The standard InChI is InChI=1S/C21H21N3O/c1-14(22)21(25)18-13-16-5-3-4-6-19(16)24(2)20(18)12-9-15-7-10-17(23)11-8-15/h3-14,23H,22H2,1-2H3/p+1. The fourth-order valence-corrected chi connectivity index (χ4v) is 2.88. The van der Waals surface area contributed by atoms with Gasteiger partial charge in [0, 0.05) is 23.2 Å². The molecule has 1 aromatic heterocycles. The molecular weight excluding hydrogens is 310 g/mol. The quantitative estimate of drug-likeness (QED) is 0.438. The number of aryl methyl sites for hydroxylation is 1. The number of Topliss-reactive ketones (excluding diaryl/α,β-unsaturated/α-hetero) is 1. The van der Waals surface area contributed by atoms with Crippen molar-refractivity contribution in [3.8, 4) is 0 Å². The van der Waals surface area contributed by atoms with Gasteiger partial charge in [-0.1, -0.05) is 24.3 Å². The number of nitrogens with zero attached hydrogens (tertiary/aromatic N) is 1. The maximum Gasteiger partial charge on any atom is 0.216 e. The van der Waals surface area contributed by atoms with Crippen LogP contribution < -0.4 is 16.0 Å². The Morgan fingerprint density at radius 2 is 1.76 bits per heavy atom. The number of benzene rings is 2. The molecule has 0 aliphatic rings. The molecule has 0 saturated carbocycles. The van der Waals surface area contributed by atoms with Crippen molar-refractivity contribution in [3.05, 3.63) is 71.4 Å². The van der Waals surface area contributed by atoms with Gasteiger partial charge in [-0.05, 0) is 42.8 Å². The summed E-state index contributed by atoms with van der Waals surface area (Å²) in [5.74, 6) is -0.0710. The highest BCUT2D eigenvalue weighted by Crippen LogP contribution is 2.19. The van der Waals surface area contributed by atoms with Crippen molar-refractivity contribution in [1.82, 2.24) is 0 Å². The summed E-state index contributed by atoms with van der Waals surface area (Å²) < 4.78 is 2.03. The zero-order valence-electron chi connectivity index (χ0n) is 14.4. The monoisotopic (exact) mass is 332 g/mol. The highest BCUT2D eigenvalue weighted by atomic mass is 16.1. The Kier molecular flexibility index (Phi) is 4.63. The summed E-state index contributed by atoms with van der Waals surface area (Å²) >= 11 is 0. The molecule has 0 aliphatic heterocycles. The van der Waals surface area contributed by atoms with Crippen molar-refractivity contribution in [2.24, 2.45) is 12.8 Å². The number of rotatable bonds is 4. The summed E-state index contributed by atoms with van der Waals surface area (Å²) in [7, 11) is 1.96. The van der Waals surface area contributed by atoms with E-state index in [1.165, 1.54) is 0 Å². The molecule has 4 N–H and O–H groups in total. The topological polar surface area (TPSA) is 73.0 Å². The molecule has 0 saturated heterocycles. The van der Waals surface area contributed by atoms with Gasteiger partial charge in [0.05, 0.1) is 11.6 Å². The zero-order valence-corrected chi connectivity index (χ0v) is 14.4. The van der Waals surface area contributed by atoms with Gasteiger partial charge >= 0.3 is 0 Å². The van der Waals surface area contributed by atoms with Crippen LogP contribution in [0.4, 0.5) is 5.69 Å². The number of carbonyl (C=O) groups is 1. The number of aromatic nitrogens is 1. The first-order valence-corrected chi connectivity index (χ1v) is 8.22. The third-order valence-electron chi connectivity index (χ3n) is 4.28. The second-order valence-corrected chi connectivity index (χ2v) is 6.21. The van der Waals surface area contributed by atoms with Gasteiger partial charge in [0.25, 0.3) is 0 Å². The molecule has 25 heavy (non-hydrogen) atoms. The third-order valence-corrected chi connectivity index (χ3v) is 4.28. The van der Waals surface area contributed by atoms with Gasteiger partial charge in [-0.25, -0.2) is 0 Å². The van der Waals surface area contributed by atoms with Crippen LogP contribution in [0.25, 0.3) is 23.1 Å². The smallest absolute Gasteiger partial charge is 0.216 e. The number of anilines is 1. The maximum absolute atomic E-state index is 12.6. The molecular formula is C21H22N3O+. The molecule has 4 nitrogen and oxygen atoms in total. The van der Waals surface area contributed by atoms with Crippen LogP contribution in [-0.4, -0.2) is 11.8 Å². The van der Waals surface area contributed by atoms with Crippen molar-refractivity contribution < 1.29 is 9.36 Å². The summed E-state index contributed by atoms with van der Waals surface area (Å²) in [5.41, 5.74) is 15.8. The first kappa shape index (κ1) is 16.9. The number of nitrogen functional groups attached to an aromatic ring is 1. The normalized spacial score (nSPS) is 12.6. The van der Waals surface area contributed by atoms with E-state index >= 15 is 0 Å². The summed E-state index contributed by atoms with van der Waals surface area (Å²) in [6, 6.07) is 17.0. The zero-order chi connectivity index (χ0) is 18.0. The lowest BCUT2D eigenvalue weighted by atomic mass is 10.00. The molecule has 4 heteroatoms. The SMILES string of the molecule is CC(N)C(=O)c1cc2ccccc2[n+](C)c1C=Cc1ccc(N)cc1. The first-order chi connectivity index (χ1) is 12.0. The Morgan fingerprint density at radius 3 is 2.44 bits per heavy atom. The van der Waals surface area contributed by atoms with Crippen LogP contribution >= 0.6 is 0 Å². The number of ketones is 1. The van der Waals surface area contributed by atoms with Crippen molar-refractivity contribution in [2.75, 3.05) is 5.73 Å². The lowest BCUT2D eigenvalue weighted by Crippen LogP contribution is -2.37. The van der Waals surface area contributed by atoms with Crippen molar-refractivity contribution in [3.63, 3.8) is 0 Å². The van der Waals surface area contributed by atoms with E-state index in [-0.39, 0.29) is 5.78 Å². The Morgan fingerprint density at radius 1 is 1.08 bits per heavy atom. The average Bonchev–Trinajstić information content (AvgIpc) is 2.61. The lowest BCUT2D eigenvalue weighted by molar-refractivity contribution is -0.646. The van der Waals surface area contributed by atoms with Gasteiger partial charge in [-0.3, -0.25) is 4.79 Å². The van der Waals surface area contributed by atoms with E-state index in [1.807, 2.05) is 78.4 Å². The molecule has 0 aliphatic carbocycles. The maximum atomic E-state index is 12.6. The van der Waals surface area contributed by atoms with Crippen LogP contribution in [-0.2, 0) is 7.05 Å². The number of hydrogen-bond donors (Lipinski definition) is 2. The van der Waals surface area contributed by atoms with Crippen molar-refractivity contribution in [1.29, 1.82) is 0 Å². The van der Waals surface area contributed by atoms with Crippen LogP contribution in [0.2, 0.25) is 0 Å². The Labute approximate surface area is 147 Å². The molecule has 0 bridgehead atoms. The van der Waals surface area contributed by atoms with E-state index in [9.17, 15) is 4.79 Å². The number of pyridine rings is 1. The highest BCUT2D eigenvalue weighted by molar-refractivity contribution is 6.04. The fourth-order valence-electron chi connectivity index (χ4n) is 2.88. The minimum absolute atomic E-state index is 0.0710. The molecule has 0 fully saturated rings. The second kappa shape index (κ2) is 6.87. The molecule has 0 radical (unpaired) electrons. The van der Waals surface area contributed by atoms with E-state index in [0.29, 0.717) is 5.56 Å². The van der Waals surface area contributed by atoms with Crippen molar-refractivity contribution >= 4 is 34.5 Å². The number of fused-ring (bicyclic) bond motifs is 1. The van der Waals surface area contributed by atoms with Crippen LogP contribution in [0.3, 0.4) is 0 Å². The van der Waals surface area contributed by atoms with Gasteiger partial charge in [0.15, 0.2) is 5.78 Å². The molecule has 3 aromatic rings. The largest absolute Gasteiger partial charge is 0.399 e. The number of hydrogen-bond acceptors (Lipinski definition) is 3. The van der Waals surface area contributed by atoms with E-state index < -0.39 is 6.04 Å². The van der Waals surface area contributed by atoms with E-state index in [2.05, 4.69) is 0 Å². The van der Waals surface area contributed by atoms with Gasteiger partial charge in [0.1, 0.15) is 7.05 Å².